The zero-order valence-electron chi connectivity index (χ0n) is 19.7. The van der Waals surface area contributed by atoms with E-state index in [1.54, 1.807) is 19.1 Å². The van der Waals surface area contributed by atoms with Gasteiger partial charge in [-0.1, -0.05) is 30.1 Å². The first-order valence-electron chi connectivity index (χ1n) is 10.6. The highest BCUT2D eigenvalue weighted by Crippen LogP contribution is 2.70. The molecule has 0 aliphatic carbocycles. The first kappa shape index (κ1) is 25.4. The molecule has 4 rings (SSSR count). The van der Waals surface area contributed by atoms with Crippen LogP contribution in [0.5, 0.6) is 17.2 Å². The maximum Gasteiger partial charge on any atom is 0.245 e. The van der Waals surface area contributed by atoms with E-state index >= 15 is 0 Å². The normalized spacial score (nSPS) is 27.7. The molecule has 2 aromatic carbocycles. The Morgan fingerprint density at radius 3 is 2.03 bits per heavy atom. The lowest BCUT2D eigenvalue weighted by Gasteiger charge is -2.49. The van der Waals surface area contributed by atoms with Crippen molar-refractivity contribution in [3.8, 4) is 35.5 Å². The molecule has 0 spiro atoms. The van der Waals surface area contributed by atoms with Gasteiger partial charge in [-0.15, -0.1) is 0 Å². The Kier molecular flexibility index (Phi) is 6.19. The number of halogens is 2. The smallest absolute Gasteiger partial charge is 0.245 e. The average Bonchev–Trinajstić information content (AvgIpc) is 3.04. The summed E-state index contributed by atoms with van der Waals surface area (Å²) in [5.74, 6) is -2.66. The molecule has 2 saturated heterocycles. The number of ether oxygens (including phenoxy) is 5. The minimum Gasteiger partial charge on any atom is -0.496 e. The van der Waals surface area contributed by atoms with Gasteiger partial charge in [0.15, 0.2) is 5.41 Å². The van der Waals surface area contributed by atoms with Crippen molar-refractivity contribution in [3.05, 3.63) is 51.5 Å². The lowest BCUT2D eigenvalue weighted by atomic mass is 9.53. The fraction of sp³-hybridized carbons (Fsp3) is 0.360. The summed E-state index contributed by atoms with van der Waals surface area (Å²) in [6, 6.07) is 13.7. The Morgan fingerprint density at radius 1 is 0.944 bits per heavy atom. The third kappa shape index (κ3) is 2.99. The van der Waals surface area contributed by atoms with Gasteiger partial charge in [0, 0.05) is 22.7 Å². The minimum absolute atomic E-state index is 0.157. The van der Waals surface area contributed by atoms with Crippen LogP contribution in [0.3, 0.4) is 0 Å². The van der Waals surface area contributed by atoms with Crippen LogP contribution >= 0.6 is 23.2 Å². The first-order valence-corrected chi connectivity index (χ1v) is 11.4. The van der Waals surface area contributed by atoms with E-state index in [0.29, 0.717) is 10.8 Å². The van der Waals surface area contributed by atoms with E-state index < -0.39 is 34.5 Å². The Labute approximate surface area is 217 Å². The summed E-state index contributed by atoms with van der Waals surface area (Å²) >= 11 is 12.7. The van der Waals surface area contributed by atoms with Crippen molar-refractivity contribution in [3.63, 3.8) is 0 Å². The molecule has 9 nitrogen and oxygen atoms in total. The van der Waals surface area contributed by atoms with Gasteiger partial charge in [0.1, 0.15) is 23.4 Å². The molecule has 0 aromatic heterocycles. The van der Waals surface area contributed by atoms with Gasteiger partial charge in [-0.3, -0.25) is 5.41 Å². The zero-order valence-corrected chi connectivity index (χ0v) is 21.2. The van der Waals surface area contributed by atoms with Crippen molar-refractivity contribution < 1.29 is 23.7 Å². The van der Waals surface area contributed by atoms with Gasteiger partial charge in [0.2, 0.25) is 17.1 Å². The molecule has 11 heteroatoms. The molecule has 0 amide bonds. The molecular weight excluding hydrogens is 507 g/mol. The van der Waals surface area contributed by atoms with Crippen molar-refractivity contribution in [2.24, 2.45) is 16.7 Å². The van der Waals surface area contributed by atoms with E-state index in [2.05, 4.69) is 6.07 Å². The second-order valence-corrected chi connectivity index (χ2v) is 9.18. The van der Waals surface area contributed by atoms with Crippen LogP contribution in [-0.2, 0) is 15.3 Å². The second-order valence-electron chi connectivity index (χ2n) is 8.34. The zero-order chi connectivity index (χ0) is 26.5. The molecule has 2 aliphatic heterocycles. The van der Waals surface area contributed by atoms with Crippen molar-refractivity contribution in [1.82, 2.24) is 0 Å². The van der Waals surface area contributed by atoms with E-state index in [0.717, 1.165) is 0 Å². The number of nitrogens with one attached hydrogen (secondary N) is 1. The van der Waals surface area contributed by atoms with Gasteiger partial charge in [-0.05, 0) is 18.2 Å². The highest BCUT2D eigenvalue weighted by Gasteiger charge is 2.80. The van der Waals surface area contributed by atoms with Crippen molar-refractivity contribution in [2.75, 3.05) is 21.3 Å². The van der Waals surface area contributed by atoms with Crippen molar-refractivity contribution >= 4 is 29.1 Å². The van der Waals surface area contributed by atoms with E-state index in [9.17, 15) is 15.8 Å². The van der Waals surface area contributed by atoms with Crippen LogP contribution in [0.25, 0.3) is 0 Å². The molecule has 0 radical (unpaired) electrons. The van der Waals surface area contributed by atoms with E-state index in [-0.39, 0.29) is 27.6 Å². The number of benzene rings is 2. The molecule has 2 fully saturated rings. The number of nitriles is 3. The SMILES string of the molecule is COc1cc(OC)c(C2OC3(c4ccc(Cl)cc4Cl)OC(=N)C(C#N)(C3C)C2(C#N)C#N)c(OC)c1. The van der Waals surface area contributed by atoms with Crippen LogP contribution in [0, 0.1) is 56.2 Å². The molecule has 36 heavy (non-hydrogen) atoms. The summed E-state index contributed by atoms with van der Waals surface area (Å²) in [5, 5.41) is 40.7. The van der Waals surface area contributed by atoms with Crippen LogP contribution in [0.1, 0.15) is 24.2 Å². The third-order valence-electron chi connectivity index (χ3n) is 6.99. The fourth-order valence-corrected chi connectivity index (χ4v) is 5.70. The highest BCUT2D eigenvalue weighted by molar-refractivity contribution is 6.35. The summed E-state index contributed by atoms with van der Waals surface area (Å²) in [4.78, 5) is 0. The molecule has 1 N–H and O–H groups in total. The number of rotatable bonds is 5. The van der Waals surface area contributed by atoms with Crippen molar-refractivity contribution in [2.45, 2.75) is 18.8 Å². The Morgan fingerprint density at radius 2 is 1.56 bits per heavy atom. The molecule has 2 bridgehead atoms. The summed E-state index contributed by atoms with van der Waals surface area (Å²) in [5.41, 5.74) is -3.84. The molecule has 2 aromatic rings. The van der Waals surface area contributed by atoms with Crippen LogP contribution in [0.15, 0.2) is 30.3 Å². The molecule has 0 saturated carbocycles. The van der Waals surface area contributed by atoms with Gasteiger partial charge in [0.05, 0.1) is 56.0 Å². The van der Waals surface area contributed by atoms with Crippen molar-refractivity contribution in [1.29, 1.82) is 21.2 Å². The molecule has 2 heterocycles. The van der Waals surface area contributed by atoms with Crippen LogP contribution in [0.2, 0.25) is 10.0 Å². The number of hydrogen-bond donors (Lipinski definition) is 1. The summed E-state index contributed by atoms with van der Waals surface area (Å²) in [6.07, 6.45) is -1.48. The topological polar surface area (TPSA) is 141 Å². The lowest BCUT2D eigenvalue weighted by Crippen LogP contribution is -2.57. The average molecular weight is 527 g/mol. The van der Waals surface area contributed by atoms with E-state index in [4.69, 9.17) is 52.3 Å². The quantitative estimate of drug-likeness (QED) is 0.564. The Balaban J connectivity index is 2.13. The van der Waals surface area contributed by atoms with Gasteiger partial charge in [-0.25, -0.2) is 0 Å². The number of hydrogen-bond acceptors (Lipinski definition) is 9. The molecule has 4 atom stereocenters. The fourth-order valence-electron chi connectivity index (χ4n) is 5.16. The Hall–Kier alpha value is -3.68. The third-order valence-corrected chi connectivity index (χ3v) is 7.54. The van der Waals surface area contributed by atoms with E-state index in [1.807, 2.05) is 12.1 Å². The number of fused-ring (bicyclic) bond motifs is 2. The predicted molar refractivity (Wildman–Crippen MR) is 128 cm³/mol. The maximum atomic E-state index is 10.5. The minimum atomic E-state index is -2.24. The monoisotopic (exact) mass is 526 g/mol. The van der Waals surface area contributed by atoms with Gasteiger partial charge < -0.3 is 23.7 Å². The summed E-state index contributed by atoms with van der Waals surface area (Å²) in [6.45, 7) is 1.58. The van der Waals surface area contributed by atoms with Gasteiger partial charge in [0.25, 0.3) is 0 Å². The van der Waals surface area contributed by atoms with E-state index in [1.165, 1.54) is 39.5 Å². The lowest BCUT2D eigenvalue weighted by molar-refractivity contribution is -0.289. The maximum absolute atomic E-state index is 10.5. The van der Waals surface area contributed by atoms with Gasteiger partial charge in [-0.2, -0.15) is 15.8 Å². The Bertz CT molecular complexity index is 1360. The summed E-state index contributed by atoms with van der Waals surface area (Å²) < 4.78 is 29.0. The highest BCUT2D eigenvalue weighted by atomic mass is 35.5. The summed E-state index contributed by atoms with van der Waals surface area (Å²) in [7, 11) is 4.24. The second kappa shape index (κ2) is 8.76. The van der Waals surface area contributed by atoms with Crippen LogP contribution in [-0.4, -0.2) is 27.2 Å². The molecule has 4 unspecified atom stereocenters. The van der Waals surface area contributed by atoms with Crippen LogP contribution < -0.4 is 14.2 Å². The first-order chi connectivity index (χ1) is 17.2. The number of methoxy groups -OCH3 is 3. The predicted octanol–water partition coefficient (Wildman–Crippen LogP) is 5.13. The van der Waals surface area contributed by atoms with Crippen LogP contribution in [0.4, 0.5) is 0 Å². The number of nitrogens with zero attached hydrogens (tertiary/aromatic N) is 3. The molecular formula is C25H20Cl2N4O5. The largest absolute Gasteiger partial charge is 0.496 e. The van der Waals surface area contributed by atoms with Gasteiger partial charge >= 0.3 is 0 Å². The standard InChI is InChI=1S/C25H20Cl2N4O5/c1-13-24(12-30)22(31)36-25(13,16-6-5-14(26)7-17(16)27)35-21(23(24,10-28)11-29)20-18(33-3)8-15(32-2)9-19(20)34-4/h5-9,13,21,31H,1-4H3. The molecule has 184 valence electrons. The molecule has 2 aliphatic rings.